The fraction of sp³-hybridized carbons (Fsp3) is 0.533. The highest BCUT2D eigenvalue weighted by Gasteiger charge is 2.40. The zero-order valence-corrected chi connectivity index (χ0v) is 11.6. The van der Waals surface area contributed by atoms with Crippen LogP contribution in [-0.2, 0) is 4.79 Å². The van der Waals surface area contributed by atoms with E-state index in [0.29, 0.717) is 18.7 Å². The first kappa shape index (κ1) is 14.0. The summed E-state index contributed by atoms with van der Waals surface area (Å²) < 4.78 is 14.1. The molecule has 1 aromatic rings. The molecule has 4 heteroatoms. The number of nitrogens with zero attached hydrogens (tertiary/aromatic N) is 1. The lowest BCUT2D eigenvalue weighted by molar-refractivity contribution is -0.141. The molecular formula is C15H20FNO2. The Morgan fingerprint density at radius 3 is 2.63 bits per heavy atom. The number of hydrogen-bond acceptors (Lipinski definition) is 2. The molecule has 0 aromatic heterocycles. The van der Waals surface area contributed by atoms with Crippen molar-refractivity contribution in [2.24, 2.45) is 5.92 Å². The molecule has 1 N–H and O–H groups in total. The fourth-order valence-corrected chi connectivity index (χ4v) is 2.75. The Hall–Kier alpha value is -1.42. The van der Waals surface area contributed by atoms with Crippen molar-refractivity contribution in [1.29, 1.82) is 0 Å². The third-order valence-corrected chi connectivity index (χ3v) is 3.95. The van der Waals surface area contributed by atoms with Crippen molar-refractivity contribution in [2.45, 2.75) is 32.7 Å². The van der Waals surface area contributed by atoms with Gasteiger partial charge in [-0.25, -0.2) is 4.39 Å². The van der Waals surface area contributed by atoms with Gasteiger partial charge < -0.3 is 5.11 Å². The molecule has 0 saturated carbocycles. The van der Waals surface area contributed by atoms with E-state index in [0.717, 1.165) is 5.56 Å². The normalized spacial score (nSPS) is 24.1. The summed E-state index contributed by atoms with van der Waals surface area (Å²) in [7, 11) is 0. The highest BCUT2D eigenvalue weighted by atomic mass is 19.1. The molecule has 1 aromatic carbocycles. The van der Waals surface area contributed by atoms with Gasteiger partial charge in [0.25, 0.3) is 0 Å². The van der Waals surface area contributed by atoms with Crippen molar-refractivity contribution in [2.75, 3.05) is 13.1 Å². The molecule has 1 aliphatic rings. The molecule has 0 bridgehead atoms. The molecule has 2 atom stereocenters. The highest BCUT2D eigenvalue weighted by Crippen LogP contribution is 2.35. The molecule has 0 amide bonds. The van der Waals surface area contributed by atoms with Crippen LogP contribution < -0.4 is 0 Å². The summed E-state index contributed by atoms with van der Waals surface area (Å²) in [5.41, 5.74) is 1.38. The van der Waals surface area contributed by atoms with Gasteiger partial charge in [-0.05, 0) is 38.0 Å². The zero-order valence-electron chi connectivity index (χ0n) is 11.6. The van der Waals surface area contributed by atoms with Gasteiger partial charge in [0.15, 0.2) is 0 Å². The highest BCUT2D eigenvalue weighted by molar-refractivity contribution is 5.72. The third kappa shape index (κ3) is 2.78. The maximum absolute atomic E-state index is 14.1. The van der Waals surface area contributed by atoms with E-state index in [-0.39, 0.29) is 17.8 Å². The standard InChI is InChI=1S/C15H20FNO2/c1-9(2)17-7-12(13(8-17)15(18)19)11-5-4-10(3)6-14(11)16/h4-6,9,12-13H,7-8H2,1-3H3,(H,18,19). The van der Waals surface area contributed by atoms with E-state index in [1.165, 1.54) is 6.07 Å². The molecule has 2 rings (SSSR count). The van der Waals surface area contributed by atoms with Gasteiger partial charge in [-0.15, -0.1) is 0 Å². The Bertz CT molecular complexity index is 487. The lowest BCUT2D eigenvalue weighted by atomic mass is 9.88. The largest absolute Gasteiger partial charge is 0.481 e. The monoisotopic (exact) mass is 265 g/mol. The smallest absolute Gasteiger partial charge is 0.308 e. The Morgan fingerprint density at radius 1 is 1.42 bits per heavy atom. The number of carboxylic acid groups (broad SMARTS) is 1. The summed E-state index contributed by atoms with van der Waals surface area (Å²) >= 11 is 0. The van der Waals surface area contributed by atoms with Crippen LogP contribution in [0.5, 0.6) is 0 Å². The summed E-state index contributed by atoms with van der Waals surface area (Å²) in [6, 6.07) is 5.33. The predicted octanol–water partition coefficient (Wildman–Crippen LogP) is 2.64. The van der Waals surface area contributed by atoms with Gasteiger partial charge in [0, 0.05) is 25.0 Å². The van der Waals surface area contributed by atoms with Crippen LogP contribution in [0, 0.1) is 18.7 Å². The van der Waals surface area contributed by atoms with Crippen molar-refractivity contribution in [3.63, 3.8) is 0 Å². The minimum absolute atomic E-state index is 0.263. The molecule has 2 unspecified atom stereocenters. The maximum atomic E-state index is 14.1. The van der Waals surface area contributed by atoms with E-state index in [2.05, 4.69) is 4.90 Å². The average molecular weight is 265 g/mol. The lowest BCUT2D eigenvalue weighted by Gasteiger charge is -2.20. The van der Waals surface area contributed by atoms with Crippen LogP contribution in [0.25, 0.3) is 0 Å². The molecule has 0 radical (unpaired) electrons. The van der Waals surface area contributed by atoms with Crippen LogP contribution in [0.1, 0.15) is 30.9 Å². The van der Waals surface area contributed by atoms with Gasteiger partial charge >= 0.3 is 5.97 Å². The second-order valence-corrected chi connectivity index (χ2v) is 5.62. The van der Waals surface area contributed by atoms with E-state index >= 15 is 0 Å². The van der Waals surface area contributed by atoms with Crippen LogP contribution in [0.3, 0.4) is 0 Å². The number of benzene rings is 1. The number of halogens is 1. The van der Waals surface area contributed by atoms with Crippen molar-refractivity contribution >= 4 is 5.97 Å². The van der Waals surface area contributed by atoms with Crippen LogP contribution in [0.4, 0.5) is 4.39 Å². The average Bonchev–Trinajstić information content (AvgIpc) is 2.73. The SMILES string of the molecule is Cc1ccc(C2CN(C(C)C)CC2C(=O)O)c(F)c1. The molecule has 0 aliphatic carbocycles. The number of aliphatic carboxylic acids is 1. The first-order valence-electron chi connectivity index (χ1n) is 6.63. The predicted molar refractivity (Wildman–Crippen MR) is 71.7 cm³/mol. The molecule has 1 aliphatic heterocycles. The second-order valence-electron chi connectivity index (χ2n) is 5.62. The van der Waals surface area contributed by atoms with Gasteiger partial charge in [-0.3, -0.25) is 9.69 Å². The molecule has 1 heterocycles. The van der Waals surface area contributed by atoms with E-state index in [1.807, 2.05) is 26.8 Å². The Morgan fingerprint density at radius 2 is 2.11 bits per heavy atom. The number of carbonyl (C=O) groups is 1. The van der Waals surface area contributed by atoms with Gasteiger partial charge in [-0.1, -0.05) is 12.1 Å². The number of aryl methyl sites for hydroxylation is 1. The second kappa shape index (κ2) is 5.29. The van der Waals surface area contributed by atoms with E-state index in [9.17, 15) is 14.3 Å². The summed E-state index contributed by atoms with van der Waals surface area (Å²) in [6.45, 7) is 7.00. The summed E-state index contributed by atoms with van der Waals surface area (Å²) in [5.74, 6) is -1.92. The van der Waals surface area contributed by atoms with Crippen molar-refractivity contribution in [3.8, 4) is 0 Å². The maximum Gasteiger partial charge on any atom is 0.308 e. The Kier molecular flexibility index (Phi) is 3.90. The number of carboxylic acids is 1. The first-order chi connectivity index (χ1) is 8.90. The third-order valence-electron chi connectivity index (χ3n) is 3.95. The number of likely N-dealkylation sites (tertiary alicyclic amines) is 1. The van der Waals surface area contributed by atoms with E-state index < -0.39 is 11.9 Å². The van der Waals surface area contributed by atoms with Gasteiger partial charge in [0.2, 0.25) is 0 Å². The molecule has 3 nitrogen and oxygen atoms in total. The summed E-state index contributed by atoms with van der Waals surface area (Å²) in [4.78, 5) is 13.5. The van der Waals surface area contributed by atoms with Crippen LogP contribution >= 0.6 is 0 Å². The summed E-state index contributed by atoms with van der Waals surface area (Å²) in [5, 5.41) is 9.34. The quantitative estimate of drug-likeness (QED) is 0.913. The molecule has 1 fully saturated rings. The minimum Gasteiger partial charge on any atom is -0.481 e. The van der Waals surface area contributed by atoms with E-state index in [1.54, 1.807) is 6.07 Å². The Labute approximate surface area is 113 Å². The number of rotatable bonds is 3. The van der Waals surface area contributed by atoms with Gasteiger partial charge in [0.05, 0.1) is 5.92 Å². The molecule has 0 spiro atoms. The Balaban J connectivity index is 2.33. The molecule has 104 valence electrons. The molecular weight excluding hydrogens is 245 g/mol. The zero-order chi connectivity index (χ0) is 14.2. The summed E-state index contributed by atoms with van der Waals surface area (Å²) in [6.07, 6.45) is 0. The van der Waals surface area contributed by atoms with Gasteiger partial charge in [-0.2, -0.15) is 0 Å². The van der Waals surface area contributed by atoms with Gasteiger partial charge in [0.1, 0.15) is 5.82 Å². The van der Waals surface area contributed by atoms with Crippen LogP contribution in [0.15, 0.2) is 18.2 Å². The van der Waals surface area contributed by atoms with Crippen molar-refractivity contribution < 1.29 is 14.3 Å². The minimum atomic E-state index is -0.840. The fourth-order valence-electron chi connectivity index (χ4n) is 2.75. The first-order valence-corrected chi connectivity index (χ1v) is 6.63. The number of hydrogen-bond donors (Lipinski definition) is 1. The topological polar surface area (TPSA) is 40.5 Å². The van der Waals surface area contributed by atoms with Crippen molar-refractivity contribution in [3.05, 3.63) is 35.1 Å². The van der Waals surface area contributed by atoms with Crippen molar-refractivity contribution in [1.82, 2.24) is 4.90 Å². The van der Waals surface area contributed by atoms with Crippen LogP contribution in [0.2, 0.25) is 0 Å². The molecule has 19 heavy (non-hydrogen) atoms. The van der Waals surface area contributed by atoms with Crippen LogP contribution in [-0.4, -0.2) is 35.1 Å². The molecule has 1 saturated heterocycles. The lowest BCUT2D eigenvalue weighted by Crippen LogP contribution is -2.29. The van der Waals surface area contributed by atoms with E-state index in [4.69, 9.17) is 0 Å².